The minimum Gasteiger partial charge on any atom is -0.445 e. The van der Waals surface area contributed by atoms with Gasteiger partial charge in [-0.3, -0.25) is 4.90 Å². The zero-order valence-electron chi connectivity index (χ0n) is 17.1. The van der Waals surface area contributed by atoms with Crippen molar-refractivity contribution in [2.24, 2.45) is 5.92 Å². The number of benzene rings is 2. The van der Waals surface area contributed by atoms with Crippen LogP contribution in [0.4, 0.5) is 18.0 Å². The Kier molecular flexibility index (Phi) is 5.16. The maximum atomic E-state index is 13.5. The molecule has 4 aliphatic rings. The molecule has 1 amide bonds. The molecule has 6 rings (SSSR count). The fourth-order valence-corrected chi connectivity index (χ4v) is 5.26. The SMILES string of the molecule is O=C(NC1CCc2ccc(-c3ccccc3C(F)(F)F)cc21)O[C@@H]1CN2CCC1CC2. The predicted molar refractivity (Wildman–Crippen MR) is 111 cm³/mol. The Hall–Kier alpha value is -2.54. The minimum absolute atomic E-state index is 0.0756. The van der Waals surface area contributed by atoms with Gasteiger partial charge in [-0.1, -0.05) is 30.3 Å². The summed E-state index contributed by atoms with van der Waals surface area (Å²) in [5, 5.41) is 2.96. The van der Waals surface area contributed by atoms with Gasteiger partial charge in [-0.05, 0) is 79.1 Å². The number of carbonyl (C=O) groups is 1. The molecule has 2 aromatic rings. The van der Waals surface area contributed by atoms with Gasteiger partial charge in [0.05, 0.1) is 11.6 Å². The lowest BCUT2D eigenvalue weighted by Crippen LogP contribution is -2.52. The number of rotatable bonds is 3. The van der Waals surface area contributed by atoms with Crippen LogP contribution in [-0.4, -0.2) is 36.7 Å². The summed E-state index contributed by atoms with van der Waals surface area (Å²) in [4.78, 5) is 14.9. The Labute approximate surface area is 179 Å². The highest BCUT2D eigenvalue weighted by molar-refractivity contribution is 5.71. The number of fused-ring (bicyclic) bond motifs is 4. The van der Waals surface area contributed by atoms with E-state index in [-0.39, 0.29) is 17.7 Å². The first-order valence-electron chi connectivity index (χ1n) is 10.9. The predicted octanol–water partition coefficient (Wildman–Crippen LogP) is 5.18. The molecule has 1 unspecified atom stereocenters. The normalized spacial score (nSPS) is 27.1. The van der Waals surface area contributed by atoms with E-state index in [4.69, 9.17) is 4.74 Å². The van der Waals surface area contributed by atoms with Crippen molar-refractivity contribution in [2.45, 2.75) is 44.0 Å². The summed E-state index contributed by atoms with van der Waals surface area (Å²) in [7, 11) is 0. The van der Waals surface area contributed by atoms with Crippen molar-refractivity contribution in [1.82, 2.24) is 10.2 Å². The van der Waals surface area contributed by atoms with E-state index >= 15 is 0 Å². The average Bonchev–Trinajstić information content (AvgIpc) is 3.16. The summed E-state index contributed by atoms with van der Waals surface area (Å²) in [6.07, 6.45) is -1.31. The lowest BCUT2D eigenvalue weighted by molar-refractivity contribution is -0.137. The molecule has 1 N–H and O–H groups in total. The van der Waals surface area contributed by atoms with Gasteiger partial charge in [0.2, 0.25) is 0 Å². The van der Waals surface area contributed by atoms with Gasteiger partial charge < -0.3 is 10.1 Å². The van der Waals surface area contributed by atoms with Gasteiger partial charge in [-0.25, -0.2) is 4.79 Å². The Bertz CT molecular complexity index is 983. The van der Waals surface area contributed by atoms with E-state index in [1.165, 1.54) is 12.1 Å². The van der Waals surface area contributed by atoms with Crippen molar-refractivity contribution < 1.29 is 22.7 Å². The van der Waals surface area contributed by atoms with Crippen LogP contribution in [0, 0.1) is 5.92 Å². The van der Waals surface area contributed by atoms with Crippen molar-refractivity contribution in [1.29, 1.82) is 0 Å². The summed E-state index contributed by atoms with van der Waals surface area (Å²) in [5.41, 5.74) is 1.94. The molecule has 2 bridgehead atoms. The van der Waals surface area contributed by atoms with Gasteiger partial charge in [0.15, 0.2) is 0 Å². The van der Waals surface area contributed by atoms with Crippen LogP contribution in [0.2, 0.25) is 0 Å². The maximum absolute atomic E-state index is 13.5. The third-order valence-electron chi connectivity index (χ3n) is 6.91. The van der Waals surface area contributed by atoms with Gasteiger partial charge in [0.1, 0.15) is 6.10 Å². The third kappa shape index (κ3) is 4.03. The summed E-state index contributed by atoms with van der Waals surface area (Å²) in [5.74, 6) is 0.428. The molecule has 2 aromatic carbocycles. The van der Waals surface area contributed by atoms with E-state index in [1.807, 2.05) is 6.07 Å². The second kappa shape index (κ2) is 7.86. The molecule has 3 saturated heterocycles. The number of amides is 1. The molecule has 0 radical (unpaired) electrons. The highest BCUT2D eigenvalue weighted by Crippen LogP contribution is 2.40. The van der Waals surface area contributed by atoms with E-state index in [2.05, 4.69) is 10.2 Å². The number of carbonyl (C=O) groups excluding carboxylic acids is 1. The minimum atomic E-state index is -4.42. The van der Waals surface area contributed by atoms with Crippen LogP contribution < -0.4 is 5.32 Å². The standard InChI is InChI=1S/C24H25F3N2O2/c25-24(26,27)20-4-2-1-3-18(20)17-6-5-15-7-8-21(19(15)13-17)28-23(30)31-22-14-29-11-9-16(22)10-12-29/h1-6,13,16,21-22H,7-12,14H2,(H,28,30)/t21?,22-/m1/s1. The Balaban J connectivity index is 1.33. The van der Waals surface area contributed by atoms with Gasteiger partial charge in [-0.2, -0.15) is 13.2 Å². The lowest BCUT2D eigenvalue weighted by atomic mass is 9.86. The molecule has 1 aliphatic carbocycles. The van der Waals surface area contributed by atoms with Gasteiger partial charge >= 0.3 is 12.3 Å². The number of hydrogen-bond donors (Lipinski definition) is 1. The fourth-order valence-electron chi connectivity index (χ4n) is 5.26. The number of piperidine rings is 3. The van der Waals surface area contributed by atoms with Crippen LogP contribution in [0.25, 0.3) is 11.1 Å². The summed E-state index contributed by atoms with van der Waals surface area (Å²) in [6, 6.07) is 10.7. The lowest BCUT2D eigenvalue weighted by Gasteiger charge is -2.43. The van der Waals surface area contributed by atoms with Gasteiger partial charge in [-0.15, -0.1) is 0 Å². The molecule has 2 atom stereocenters. The first-order valence-corrected chi connectivity index (χ1v) is 10.9. The molecule has 3 aliphatic heterocycles. The molecule has 4 nitrogen and oxygen atoms in total. The molecule has 0 aromatic heterocycles. The van der Waals surface area contributed by atoms with Gasteiger partial charge in [0, 0.05) is 6.54 Å². The van der Waals surface area contributed by atoms with Gasteiger partial charge in [0.25, 0.3) is 0 Å². The number of hydrogen-bond acceptors (Lipinski definition) is 3. The van der Waals surface area contributed by atoms with Crippen LogP contribution in [0.15, 0.2) is 42.5 Å². The molecular weight excluding hydrogens is 405 g/mol. The Morgan fingerprint density at radius 1 is 1.06 bits per heavy atom. The van der Waals surface area contributed by atoms with E-state index in [9.17, 15) is 18.0 Å². The number of alkyl carbamates (subject to hydrolysis) is 1. The number of aryl methyl sites for hydroxylation is 1. The highest BCUT2D eigenvalue weighted by atomic mass is 19.4. The van der Waals surface area contributed by atoms with E-state index < -0.39 is 17.8 Å². The van der Waals surface area contributed by atoms with E-state index in [1.54, 1.807) is 18.2 Å². The van der Waals surface area contributed by atoms with Crippen molar-refractivity contribution in [3.05, 3.63) is 59.2 Å². The molecule has 7 heteroatoms. The number of nitrogens with one attached hydrogen (secondary N) is 1. The first-order chi connectivity index (χ1) is 14.9. The van der Waals surface area contributed by atoms with Crippen LogP contribution in [0.5, 0.6) is 0 Å². The van der Waals surface area contributed by atoms with Crippen LogP contribution in [0.1, 0.15) is 42.0 Å². The Morgan fingerprint density at radius 3 is 2.55 bits per heavy atom. The Morgan fingerprint density at radius 2 is 1.84 bits per heavy atom. The molecule has 0 spiro atoms. The number of halogens is 3. The largest absolute Gasteiger partial charge is 0.445 e. The quantitative estimate of drug-likeness (QED) is 0.730. The molecular formula is C24H25F3N2O2. The second-order valence-corrected chi connectivity index (χ2v) is 8.77. The second-order valence-electron chi connectivity index (χ2n) is 8.77. The zero-order valence-corrected chi connectivity index (χ0v) is 17.1. The van der Waals surface area contributed by atoms with Crippen molar-refractivity contribution >= 4 is 6.09 Å². The smallest absolute Gasteiger partial charge is 0.417 e. The van der Waals surface area contributed by atoms with Crippen LogP contribution >= 0.6 is 0 Å². The molecule has 164 valence electrons. The van der Waals surface area contributed by atoms with Crippen LogP contribution in [-0.2, 0) is 17.3 Å². The molecule has 3 fully saturated rings. The van der Waals surface area contributed by atoms with Crippen molar-refractivity contribution in [3.8, 4) is 11.1 Å². The maximum Gasteiger partial charge on any atom is 0.417 e. The molecule has 31 heavy (non-hydrogen) atoms. The molecule has 0 saturated carbocycles. The number of nitrogens with zero attached hydrogens (tertiary/aromatic N) is 1. The third-order valence-corrected chi connectivity index (χ3v) is 6.91. The fraction of sp³-hybridized carbons (Fsp3) is 0.458. The topological polar surface area (TPSA) is 41.6 Å². The first kappa shape index (κ1) is 20.4. The number of alkyl halides is 3. The van der Waals surface area contributed by atoms with Crippen molar-refractivity contribution in [2.75, 3.05) is 19.6 Å². The van der Waals surface area contributed by atoms with Crippen molar-refractivity contribution in [3.63, 3.8) is 0 Å². The van der Waals surface area contributed by atoms with E-state index in [0.717, 1.165) is 62.5 Å². The summed E-state index contributed by atoms with van der Waals surface area (Å²) < 4.78 is 46.1. The average molecular weight is 430 g/mol. The number of ether oxygens (including phenoxy) is 1. The highest BCUT2D eigenvalue weighted by Gasteiger charge is 2.37. The zero-order chi connectivity index (χ0) is 21.6. The van der Waals surface area contributed by atoms with E-state index in [0.29, 0.717) is 11.5 Å². The summed E-state index contributed by atoms with van der Waals surface area (Å²) in [6.45, 7) is 2.94. The summed E-state index contributed by atoms with van der Waals surface area (Å²) >= 11 is 0. The van der Waals surface area contributed by atoms with Crippen LogP contribution in [0.3, 0.4) is 0 Å². The molecule has 3 heterocycles. The monoisotopic (exact) mass is 430 g/mol.